The molecule has 17 heavy (non-hydrogen) atoms. The maximum absolute atomic E-state index is 10.9. The van der Waals surface area contributed by atoms with Gasteiger partial charge in [-0.25, -0.2) is 0 Å². The van der Waals surface area contributed by atoms with E-state index in [1.807, 2.05) is 0 Å². The second-order valence-electron chi connectivity index (χ2n) is 4.07. The lowest BCUT2D eigenvalue weighted by atomic mass is 10.0. The van der Waals surface area contributed by atoms with Crippen LogP contribution in [-0.2, 0) is 20.6 Å². The second-order valence-corrected chi connectivity index (χ2v) is 5.96. The summed E-state index contributed by atoms with van der Waals surface area (Å²) in [6.45, 7) is 0.669. The van der Waals surface area contributed by atoms with Gasteiger partial charge in [0, 0.05) is 11.6 Å². The first-order chi connectivity index (χ1) is 7.96. The molecule has 2 rings (SSSR count). The lowest BCUT2D eigenvalue weighted by Crippen LogP contribution is -2.07. The van der Waals surface area contributed by atoms with Crippen molar-refractivity contribution in [2.24, 2.45) is 0 Å². The van der Waals surface area contributed by atoms with E-state index in [0.29, 0.717) is 17.2 Å². The van der Waals surface area contributed by atoms with Gasteiger partial charge in [-0.2, -0.15) is 8.42 Å². The van der Waals surface area contributed by atoms with Gasteiger partial charge < -0.3 is 4.74 Å². The van der Waals surface area contributed by atoms with Crippen molar-refractivity contribution in [1.29, 1.82) is 0 Å². The summed E-state index contributed by atoms with van der Waals surface area (Å²) in [7, 11) is -4.04. The van der Waals surface area contributed by atoms with Crippen LogP contribution in [0, 0.1) is 0 Å². The van der Waals surface area contributed by atoms with Crippen LogP contribution in [0.15, 0.2) is 18.2 Å². The minimum absolute atomic E-state index is 0.120. The third-order valence-electron chi connectivity index (χ3n) is 2.72. The molecule has 0 spiro atoms. The molecule has 1 saturated heterocycles. The first-order valence-electron chi connectivity index (χ1n) is 5.31. The average Bonchev–Trinajstić information content (AvgIpc) is 2.71. The minimum Gasteiger partial charge on any atom is -0.374 e. The number of hydrogen-bond acceptors (Lipinski definition) is 3. The van der Waals surface area contributed by atoms with E-state index in [1.54, 1.807) is 18.2 Å². The standard InChI is InChI=1S/C11H13ClO4S/c12-9-4-3-8(7-17(13,14)15)10(6-9)11-2-1-5-16-11/h3-4,6,11H,1-2,5,7H2,(H,13,14,15). The Labute approximate surface area is 105 Å². The van der Waals surface area contributed by atoms with Crippen LogP contribution < -0.4 is 0 Å². The summed E-state index contributed by atoms with van der Waals surface area (Å²) in [5.41, 5.74) is 1.30. The van der Waals surface area contributed by atoms with Gasteiger partial charge in [-0.15, -0.1) is 0 Å². The molecule has 4 nitrogen and oxygen atoms in total. The molecule has 1 atom stereocenters. The van der Waals surface area contributed by atoms with Gasteiger partial charge in [0.1, 0.15) is 5.75 Å². The fourth-order valence-corrected chi connectivity index (χ4v) is 2.85. The van der Waals surface area contributed by atoms with Gasteiger partial charge in [-0.1, -0.05) is 17.7 Å². The first kappa shape index (κ1) is 12.8. The Morgan fingerprint density at radius 1 is 1.47 bits per heavy atom. The van der Waals surface area contributed by atoms with Gasteiger partial charge in [0.2, 0.25) is 0 Å². The predicted octanol–water partition coefficient (Wildman–Crippen LogP) is 2.58. The Kier molecular flexibility index (Phi) is 3.73. The fourth-order valence-electron chi connectivity index (χ4n) is 2.02. The number of rotatable bonds is 3. The molecule has 1 fully saturated rings. The summed E-state index contributed by atoms with van der Waals surface area (Å²) < 4.78 is 36.3. The van der Waals surface area contributed by atoms with Crippen LogP contribution in [0.25, 0.3) is 0 Å². The van der Waals surface area contributed by atoms with E-state index >= 15 is 0 Å². The van der Waals surface area contributed by atoms with E-state index in [0.717, 1.165) is 18.4 Å². The largest absolute Gasteiger partial charge is 0.374 e. The fraction of sp³-hybridized carbons (Fsp3) is 0.455. The molecule has 0 aliphatic carbocycles. The number of hydrogen-bond donors (Lipinski definition) is 1. The molecule has 1 aromatic rings. The van der Waals surface area contributed by atoms with Crippen molar-refractivity contribution < 1.29 is 17.7 Å². The predicted molar refractivity (Wildman–Crippen MR) is 64.6 cm³/mol. The molecule has 1 aliphatic heterocycles. The van der Waals surface area contributed by atoms with E-state index in [9.17, 15) is 8.42 Å². The molecule has 1 heterocycles. The molecule has 1 aliphatic rings. The Balaban J connectivity index is 2.36. The zero-order chi connectivity index (χ0) is 12.5. The van der Waals surface area contributed by atoms with Crippen LogP contribution in [0.2, 0.25) is 5.02 Å². The van der Waals surface area contributed by atoms with E-state index in [1.165, 1.54) is 0 Å². The zero-order valence-corrected chi connectivity index (χ0v) is 10.7. The van der Waals surface area contributed by atoms with Crippen LogP contribution in [0.5, 0.6) is 0 Å². The third kappa shape index (κ3) is 3.42. The molecule has 1 unspecified atom stereocenters. The summed E-state index contributed by atoms with van der Waals surface area (Å²) in [6.07, 6.45) is 1.67. The Morgan fingerprint density at radius 2 is 2.24 bits per heavy atom. The summed E-state index contributed by atoms with van der Waals surface area (Å²) in [5, 5.41) is 0.537. The van der Waals surface area contributed by atoms with E-state index in [-0.39, 0.29) is 6.10 Å². The quantitative estimate of drug-likeness (QED) is 0.862. The topological polar surface area (TPSA) is 63.6 Å². The molecule has 94 valence electrons. The van der Waals surface area contributed by atoms with Crippen molar-refractivity contribution in [1.82, 2.24) is 0 Å². The maximum atomic E-state index is 10.9. The summed E-state index contributed by atoms with van der Waals surface area (Å²) in [5.74, 6) is -0.403. The average molecular weight is 277 g/mol. The molecule has 6 heteroatoms. The van der Waals surface area contributed by atoms with Gasteiger partial charge in [-0.3, -0.25) is 4.55 Å². The van der Waals surface area contributed by atoms with Gasteiger partial charge >= 0.3 is 0 Å². The highest BCUT2D eigenvalue weighted by atomic mass is 35.5. The Morgan fingerprint density at radius 3 is 2.82 bits per heavy atom. The molecular formula is C11H13ClO4S. The van der Waals surface area contributed by atoms with Crippen molar-refractivity contribution in [2.45, 2.75) is 24.7 Å². The molecule has 0 aromatic heterocycles. The van der Waals surface area contributed by atoms with Crippen LogP contribution in [0.4, 0.5) is 0 Å². The highest BCUT2D eigenvalue weighted by molar-refractivity contribution is 7.85. The van der Waals surface area contributed by atoms with Crippen LogP contribution in [-0.4, -0.2) is 19.6 Å². The minimum atomic E-state index is -4.04. The summed E-state index contributed by atoms with van der Waals surface area (Å²) in [4.78, 5) is 0. The van der Waals surface area contributed by atoms with Crippen molar-refractivity contribution in [3.63, 3.8) is 0 Å². The van der Waals surface area contributed by atoms with Crippen molar-refractivity contribution in [2.75, 3.05) is 6.61 Å². The third-order valence-corrected chi connectivity index (χ3v) is 3.63. The summed E-state index contributed by atoms with van der Waals surface area (Å²) in [6, 6.07) is 4.94. The number of ether oxygens (including phenoxy) is 1. The van der Waals surface area contributed by atoms with Gasteiger partial charge in [0.15, 0.2) is 0 Å². The molecule has 0 bridgehead atoms. The normalized spacial score (nSPS) is 20.7. The summed E-state index contributed by atoms with van der Waals surface area (Å²) >= 11 is 5.90. The maximum Gasteiger partial charge on any atom is 0.269 e. The van der Waals surface area contributed by atoms with Crippen LogP contribution in [0.1, 0.15) is 30.1 Å². The van der Waals surface area contributed by atoms with Gasteiger partial charge in [-0.05, 0) is 36.1 Å². The van der Waals surface area contributed by atoms with Crippen LogP contribution in [0.3, 0.4) is 0 Å². The molecular weight excluding hydrogens is 264 g/mol. The highest BCUT2D eigenvalue weighted by Crippen LogP contribution is 2.33. The first-order valence-corrected chi connectivity index (χ1v) is 7.29. The number of benzene rings is 1. The number of halogens is 1. The molecule has 0 saturated carbocycles. The Bertz CT molecular complexity index is 506. The SMILES string of the molecule is O=S(=O)(O)Cc1ccc(Cl)cc1C1CCCO1. The van der Waals surface area contributed by atoms with E-state index in [2.05, 4.69) is 0 Å². The highest BCUT2D eigenvalue weighted by Gasteiger charge is 2.22. The Hall–Kier alpha value is -0.620. The lowest BCUT2D eigenvalue weighted by Gasteiger charge is -2.14. The lowest BCUT2D eigenvalue weighted by molar-refractivity contribution is 0.111. The van der Waals surface area contributed by atoms with E-state index in [4.69, 9.17) is 20.9 Å². The van der Waals surface area contributed by atoms with Crippen LogP contribution >= 0.6 is 11.6 Å². The molecule has 1 N–H and O–H groups in total. The molecule has 0 amide bonds. The molecule has 0 radical (unpaired) electrons. The van der Waals surface area contributed by atoms with Crippen molar-refractivity contribution in [3.8, 4) is 0 Å². The van der Waals surface area contributed by atoms with Crippen molar-refractivity contribution >= 4 is 21.7 Å². The van der Waals surface area contributed by atoms with Gasteiger partial charge in [0.25, 0.3) is 10.1 Å². The van der Waals surface area contributed by atoms with E-state index < -0.39 is 15.9 Å². The monoisotopic (exact) mass is 276 g/mol. The second kappa shape index (κ2) is 4.94. The molecule has 1 aromatic carbocycles. The zero-order valence-electron chi connectivity index (χ0n) is 9.10. The van der Waals surface area contributed by atoms with Crippen molar-refractivity contribution in [3.05, 3.63) is 34.3 Å². The van der Waals surface area contributed by atoms with Gasteiger partial charge in [0.05, 0.1) is 6.10 Å². The smallest absolute Gasteiger partial charge is 0.269 e.